The molecule has 3 saturated heterocycles. The molecule has 2 aromatic carbocycles. The molecule has 3 aliphatic heterocycles. The molecule has 3 aliphatic rings. The van der Waals surface area contributed by atoms with Crippen molar-refractivity contribution >= 4 is 17.7 Å². The highest BCUT2D eigenvalue weighted by atomic mass is 19.1. The van der Waals surface area contributed by atoms with Gasteiger partial charge < -0.3 is 19.3 Å². The molecule has 0 bridgehead atoms. The quantitative estimate of drug-likeness (QED) is 0.648. The number of ether oxygens (including phenoxy) is 2. The number of carbonyl (C=O) groups excluding carboxylic acids is 3. The molecule has 36 heavy (non-hydrogen) atoms. The van der Waals surface area contributed by atoms with Crippen molar-refractivity contribution in [2.24, 2.45) is 0 Å². The van der Waals surface area contributed by atoms with E-state index in [9.17, 15) is 23.2 Å². The van der Waals surface area contributed by atoms with Crippen molar-refractivity contribution in [1.29, 1.82) is 0 Å². The normalized spacial score (nSPS) is 21.6. The van der Waals surface area contributed by atoms with Gasteiger partial charge in [-0.3, -0.25) is 19.3 Å². The van der Waals surface area contributed by atoms with Crippen LogP contribution in [-0.4, -0.2) is 90.2 Å². The van der Waals surface area contributed by atoms with Gasteiger partial charge in [0.15, 0.2) is 0 Å². The maximum atomic E-state index is 14.0. The summed E-state index contributed by atoms with van der Waals surface area (Å²) in [6.45, 7) is 2.26. The van der Waals surface area contributed by atoms with Crippen LogP contribution in [0.15, 0.2) is 48.5 Å². The summed E-state index contributed by atoms with van der Waals surface area (Å²) < 4.78 is 38.8. The minimum atomic E-state index is -1.10. The first kappa shape index (κ1) is 24.3. The van der Waals surface area contributed by atoms with E-state index in [1.807, 2.05) is 0 Å². The molecule has 0 aromatic heterocycles. The second-order valence-corrected chi connectivity index (χ2v) is 9.20. The van der Waals surface area contributed by atoms with Crippen molar-refractivity contribution in [3.63, 3.8) is 0 Å². The first-order chi connectivity index (χ1) is 17.4. The van der Waals surface area contributed by atoms with Gasteiger partial charge in [-0.2, -0.15) is 0 Å². The second-order valence-electron chi connectivity index (χ2n) is 9.20. The largest absolute Gasteiger partial charge is 0.378 e. The first-order valence-corrected chi connectivity index (χ1v) is 12.0. The van der Waals surface area contributed by atoms with Gasteiger partial charge in [0.2, 0.25) is 5.91 Å². The fourth-order valence-electron chi connectivity index (χ4n) is 5.15. The first-order valence-electron chi connectivity index (χ1n) is 12.0. The molecule has 2 aromatic rings. The summed E-state index contributed by atoms with van der Waals surface area (Å²) in [4.78, 5) is 44.8. The van der Waals surface area contributed by atoms with Crippen molar-refractivity contribution < 1.29 is 32.6 Å². The summed E-state index contributed by atoms with van der Waals surface area (Å²) in [5.74, 6) is -1.94. The summed E-state index contributed by atoms with van der Waals surface area (Å²) in [6.07, 6.45) is 0.571. The molecule has 0 aliphatic carbocycles. The van der Waals surface area contributed by atoms with Crippen LogP contribution in [0.4, 0.5) is 8.78 Å². The summed E-state index contributed by atoms with van der Waals surface area (Å²) in [5.41, 5.74) is -0.604. The highest BCUT2D eigenvalue weighted by molar-refractivity contribution is 5.98. The third-order valence-corrected chi connectivity index (χ3v) is 7.08. The maximum absolute atomic E-state index is 14.0. The number of amides is 3. The SMILES string of the molecule is O=C(c1ccc(F)cc1)N1CCC2(CC1)OCC(C(=O)N1CCOCC1)N2C(=O)c1cccc(F)c1. The molecule has 3 fully saturated rings. The van der Waals surface area contributed by atoms with Crippen LogP contribution in [0.1, 0.15) is 33.6 Å². The van der Waals surface area contributed by atoms with Gasteiger partial charge in [-0.25, -0.2) is 8.78 Å². The number of morpholine rings is 1. The van der Waals surface area contributed by atoms with E-state index in [2.05, 4.69) is 0 Å². The molecule has 0 saturated carbocycles. The van der Waals surface area contributed by atoms with Crippen LogP contribution in [0.25, 0.3) is 0 Å². The average Bonchev–Trinajstić information content (AvgIpc) is 3.27. The van der Waals surface area contributed by atoms with E-state index in [4.69, 9.17) is 9.47 Å². The lowest BCUT2D eigenvalue weighted by molar-refractivity contribution is -0.141. The number of halogens is 2. The number of likely N-dealkylation sites (tertiary alicyclic amines) is 1. The zero-order valence-corrected chi connectivity index (χ0v) is 19.7. The number of carbonyl (C=O) groups is 3. The average molecular weight is 500 g/mol. The third-order valence-electron chi connectivity index (χ3n) is 7.08. The summed E-state index contributed by atoms with van der Waals surface area (Å²) in [5, 5.41) is 0. The van der Waals surface area contributed by atoms with Gasteiger partial charge in [-0.1, -0.05) is 6.07 Å². The van der Waals surface area contributed by atoms with Crippen molar-refractivity contribution in [3.05, 3.63) is 71.3 Å². The zero-order chi connectivity index (χ0) is 25.3. The Morgan fingerprint density at radius 2 is 1.50 bits per heavy atom. The Bertz CT molecular complexity index is 1140. The van der Waals surface area contributed by atoms with Gasteiger partial charge >= 0.3 is 0 Å². The Hall–Kier alpha value is -3.37. The van der Waals surface area contributed by atoms with Crippen LogP contribution in [0, 0.1) is 11.6 Å². The molecular formula is C26H27F2N3O5. The van der Waals surface area contributed by atoms with Gasteiger partial charge in [0.05, 0.1) is 19.8 Å². The molecule has 8 nitrogen and oxygen atoms in total. The van der Waals surface area contributed by atoms with Crippen molar-refractivity contribution in [2.45, 2.75) is 24.6 Å². The number of rotatable bonds is 3. The number of hydrogen-bond donors (Lipinski definition) is 0. The third kappa shape index (κ3) is 4.58. The fraction of sp³-hybridized carbons (Fsp3) is 0.423. The van der Waals surface area contributed by atoms with E-state index in [0.29, 0.717) is 31.9 Å². The maximum Gasteiger partial charge on any atom is 0.256 e. The standard InChI is InChI=1S/C26H27F2N3O5/c27-20-6-4-18(5-7-20)23(32)29-10-8-26(9-11-29)31(24(33)19-2-1-3-21(28)16-19)22(17-36-26)25(34)30-12-14-35-15-13-30/h1-7,16,22H,8-15,17H2. The van der Waals surface area contributed by atoms with Crippen LogP contribution in [0.2, 0.25) is 0 Å². The van der Waals surface area contributed by atoms with E-state index in [1.54, 1.807) is 9.80 Å². The van der Waals surface area contributed by atoms with Gasteiger partial charge in [0.25, 0.3) is 11.8 Å². The Morgan fingerprint density at radius 3 is 2.17 bits per heavy atom. The van der Waals surface area contributed by atoms with Gasteiger partial charge in [0.1, 0.15) is 23.4 Å². The predicted molar refractivity (Wildman–Crippen MR) is 124 cm³/mol. The van der Waals surface area contributed by atoms with E-state index < -0.39 is 29.3 Å². The molecule has 5 rings (SSSR count). The molecule has 1 unspecified atom stereocenters. The van der Waals surface area contributed by atoms with Crippen LogP contribution in [0.5, 0.6) is 0 Å². The van der Waals surface area contributed by atoms with Crippen molar-refractivity contribution in [1.82, 2.24) is 14.7 Å². The number of piperidine rings is 1. The highest BCUT2D eigenvalue weighted by Crippen LogP contribution is 2.39. The second kappa shape index (κ2) is 9.94. The Kier molecular flexibility index (Phi) is 6.72. The molecule has 0 N–H and O–H groups in total. The van der Waals surface area contributed by atoms with Gasteiger partial charge in [-0.15, -0.1) is 0 Å². The molecule has 10 heteroatoms. The lowest BCUT2D eigenvalue weighted by atomic mass is 9.96. The Morgan fingerprint density at radius 1 is 0.806 bits per heavy atom. The molecule has 1 atom stereocenters. The zero-order valence-electron chi connectivity index (χ0n) is 19.7. The lowest BCUT2D eigenvalue weighted by Gasteiger charge is -2.45. The fourth-order valence-corrected chi connectivity index (χ4v) is 5.15. The summed E-state index contributed by atoms with van der Waals surface area (Å²) in [7, 11) is 0. The van der Waals surface area contributed by atoms with Crippen molar-refractivity contribution in [2.75, 3.05) is 46.0 Å². The van der Waals surface area contributed by atoms with E-state index in [0.717, 1.165) is 6.07 Å². The number of hydrogen-bond acceptors (Lipinski definition) is 5. The van der Waals surface area contributed by atoms with E-state index in [-0.39, 0.29) is 49.9 Å². The van der Waals surface area contributed by atoms with Gasteiger partial charge in [-0.05, 0) is 42.5 Å². The summed E-state index contributed by atoms with van der Waals surface area (Å²) in [6, 6.07) is 9.85. The van der Waals surface area contributed by atoms with Gasteiger partial charge in [0, 0.05) is 50.1 Å². The molecule has 0 radical (unpaired) electrons. The van der Waals surface area contributed by atoms with Crippen LogP contribution >= 0.6 is 0 Å². The molecule has 3 amide bonds. The topological polar surface area (TPSA) is 79.4 Å². The Balaban J connectivity index is 1.39. The van der Waals surface area contributed by atoms with Crippen LogP contribution in [0.3, 0.4) is 0 Å². The Labute approximate surface area is 207 Å². The summed E-state index contributed by atoms with van der Waals surface area (Å²) >= 11 is 0. The molecular weight excluding hydrogens is 472 g/mol. The van der Waals surface area contributed by atoms with Crippen LogP contribution < -0.4 is 0 Å². The number of nitrogens with zero attached hydrogens (tertiary/aromatic N) is 3. The minimum absolute atomic E-state index is 0.0170. The molecule has 190 valence electrons. The molecule has 3 heterocycles. The van der Waals surface area contributed by atoms with E-state index >= 15 is 0 Å². The van der Waals surface area contributed by atoms with Crippen LogP contribution in [-0.2, 0) is 14.3 Å². The lowest BCUT2D eigenvalue weighted by Crippen LogP contribution is -2.60. The molecule has 1 spiro atoms. The minimum Gasteiger partial charge on any atom is -0.378 e. The van der Waals surface area contributed by atoms with Crippen molar-refractivity contribution in [3.8, 4) is 0 Å². The smallest absolute Gasteiger partial charge is 0.256 e. The predicted octanol–water partition coefficient (Wildman–Crippen LogP) is 2.30. The number of benzene rings is 2. The van der Waals surface area contributed by atoms with E-state index in [1.165, 1.54) is 47.4 Å². The monoisotopic (exact) mass is 499 g/mol. The highest BCUT2D eigenvalue weighted by Gasteiger charge is 2.55.